The molecule has 3 atom stereocenters. The molecule has 2 rings (SSSR count). The van der Waals surface area contributed by atoms with Crippen molar-refractivity contribution in [2.75, 3.05) is 6.54 Å². The summed E-state index contributed by atoms with van der Waals surface area (Å²) in [5, 5.41) is 3.65. The molecule has 1 fully saturated rings. The highest BCUT2D eigenvalue weighted by atomic mass is 14.9. The summed E-state index contributed by atoms with van der Waals surface area (Å²) in [6.45, 7) is 12.5. The van der Waals surface area contributed by atoms with Gasteiger partial charge in [-0.2, -0.15) is 0 Å². The van der Waals surface area contributed by atoms with Crippen molar-refractivity contribution >= 4 is 0 Å². The Hall–Kier alpha value is -0.820. The average molecular weight is 259 g/mol. The number of benzene rings is 1. The van der Waals surface area contributed by atoms with Gasteiger partial charge in [-0.05, 0) is 75.1 Å². The zero-order chi connectivity index (χ0) is 14.0. The fourth-order valence-corrected chi connectivity index (χ4v) is 3.88. The number of aryl methyl sites for hydroxylation is 3. The van der Waals surface area contributed by atoms with Crippen LogP contribution in [-0.2, 0) is 6.42 Å². The summed E-state index contributed by atoms with van der Waals surface area (Å²) in [6.07, 6.45) is 4.00. The van der Waals surface area contributed by atoms with Crippen molar-refractivity contribution in [3.8, 4) is 0 Å². The predicted molar refractivity (Wildman–Crippen MR) is 83.7 cm³/mol. The number of hydrogen-bond acceptors (Lipinski definition) is 1. The monoisotopic (exact) mass is 259 g/mol. The Labute approximate surface area is 118 Å². The number of hydrogen-bond donors (Lipinski definition) is 1. The molecule has 1 heteroatoms. The van der Waals surface area contributed by atoms with E-state index in [1.54, 1.807) is 5.56 Å². The molecule has 106 valence electrons. The topological polar surface area (TPSA) is 12.0 Å². The average Bonchev–Trinajstić information content (AvgIpc) is 2.66. The molecule has 1 aromatic rings. The molecule has 0 spiro atoms. The summed E-state index contributed by atoms with van der Waals surface area (Å²) in [5.74, 6) is 1.66. The van der Waals surface area contributed by atoms with Crippen LogP contribution < -0.4 is 5.32 Å². The second-order valence-corrected chi connectivity index (χ2v) is 6.44. The van der Waals surface area contributed by atoms with Gasteiger partial charge < -0.3 is 5.32 Å². The van der Waals surface area contributed by atoms with Crippen LogP contribution in [0.3, 0.4) is 0 Å². The minimum absolute atomic E-state index is 0.737. The molecule has 0 amide bonds. The van der Waals surface area contributed by atoms with Crippen LogP contribution in [0.1, 0.15) is 48.9 Å². The minimum atomic E-state index is 0.737. The molecule has 1 aromatic carbocycles. The van der Waals surface area contributed by atoms with Gasteiger partial charge in [-0.3, -0.25) is 0 Å². The lowest BCUT2D eigenvalue weighted by Crippen LogP contribution is -2.32. The SMILES string of the molecule is CCNC1CCC(Cc2c(C)cc(C)cc2C)C1C. The maximum Gasteiger partial charge on any atom is 0.00954 e. The molecule has 1 aliphatic carbocycles. The van der Waals surface area contributed by atoms with Crippen LogP contribution >= 0.6 is 0 Å². The van der Waals surface area contributed by atoms with Gasteiger partial charge in [0, 0.05) is 6.04 Å². The van der Waals surface area contributed by atoms with Crippen LogP contribution in [0.4, 0.5) is 0 Å². The van der Waals surface area contributed by atoms with E-state index in [-0.39, 0.29) is 0 Å². The fourth-order valence-electron chi connectivity index (χ4n) is 3.88. The molecular formula is C18H29N. The maximum absolute atomic E-state index is 3.65. The summed E-state index contributed by atoms with van der Waals surface area (Å²) in [6, 6.07) is 5.41. The first-order chi connectivity index (χ1) is 9.02. The van der Waals surface area contributed by atoms with E-state index in [0.29, 0.717) is 0 Å². The molecule has 19 heavy (non-hydrogen) atoms. The van der Waals surface area contributed by atoms with E-state index in [1.807, 2.05) is 0 Å². The standard InChI is InChI=1S/C18H29N/c1-6-19-18-8-7-16(15(18)5)11-17-13(3)9-12(2)10-14(17)4/h9-10,15-16,18-19H,6-8,11H2,1-5H3. The highest BCUT2D eigenvalue weighted by Crippen LogP contribution is 2.35. The molecule has 0 radical (unpaired) electrons. The van der Waals surface area contributed by atoms with Crippen LogP contribution in [0, 0.1) is 32.6 Å². The van der Waals surface area contributed by atoms with Crippen molar-refractivity contribution in [3.63, 3.8) is 0 Å². The van der Waals surface area contributed by atoms with E-state index in [2.05, 4.69) is 52.1 Å². The van der Waals surface area contributed by atoms with Crippen molar-refractivity contribution in [2.45, 2.75) is 59.9 Å². The van der Waals surface area contributed by atoms with E-state index in [4.69, 9.17) is 0 Å². The molecule has 0 bridgehead atoms. The molecule has 3 unspecified atom stereocenters. The quantitative estimate of drug-likeness (QED) is 0.855. The summed E-state index contributed by atoms with van der Waals surface area (Å²) in [5.41, 5.74) is 5.96. The number of rotatable bonds is 4. The first kappa shape index (κ1) is 14.6. The Morgan fingerprint density at radius 2 is 1.74 bits per heavy atom. The molecule has 0 saturated heterocycles. The molecule has 1 aliphatic rings. The zero-order valence-corrected chi connectivity index (χ0v) is 13.2. The van der Waals surface area contributed by atoms with Crippen molar-refractivity contribution in [1.82, 2.24) is 5.32 Å². The lowest BCUT2D eigenvalue weighted by molar-refractivity contribution is 0.354. The lowest BCUT2D eigenvalue weighted by atomic mass is 9.86. The maximum atomic E-state index is 3.65. The third-order valence-corrected chi connectivity index (χ3v) is 5.00. The molecular weight excluding hydrogens is 230 g/mol. The van der Waals surface area contributed by atoms with Gasteiger partial charge in [0.05, 0.1) is 0 Å². The number of nitrogens with one attached hydrogen (secondary N) is 1. The Bertz CT molecular complexity index is 412. The van der Waals surface area contributed by atoms with E-state index in [0.717, 1.165) is 24.4 Å². The van der Waals surface area contributed by atoms with Gasteiger partial charge in [-0.1, -0.05) is 31.5 Å². The van der Waals surface area contributed by atoms with Gasteiger partial charge in [-0.25, -0.2) is 0 Å². The fraction of sp³-hybridized carbons (Fsp3) is 0.667. The van der Waals surface area contributed by atoms with Crippen molar-refractivity contribution in [1.29, 1.82) is 0 Å². The van der Waals surface area contributed by atoms with E-state index in [9.17, 15) is 0 Å². The molecule has 0 aromatic heterocycles. The smallest absolute Gasteiger partial charge is 0.00954 e. The van der Waals surface area contributed by atoms with Gasteiger partial charge in [-0.15, -0.1) is 0 Å². The molecule has 0 heterocycles. The van der Waals surface area contributed by atoms with Crippen LogP contribution in [0.25, 0.3) is 0 Å². The zero-order valence-electron chi connectivity index (χ0n) is 13.2. The predicted octanol–water partition coefficient (Wildman–Crippen LogP) is 4.18. The lowest BCUT2D eigenvalue weighted by Gasteiger charge is -2.23. The van der Waals surface area contributed by atoms with Crippen LogP contribution in [0.5, 0.6) is 0 Å². The van der Waals surface area contributed by atoms with E-state index >= 15 is 0 Å². The van der Waals surface area contributed by atoms with E-state index in [1.165, 1.54) is 36.0 Å². The highest BCUT2D eigenvalue weighted by molar-refractivity contribution is 5.37. The Balaban J connectivity index is 2.10. The first-order valence-corrected chi connectivity index (χ1v) is 7.83. The van der Waals surface area contributed by atoms with Gasteiger partial charge in [0.2, 0.25) is 0 Å². The highest BCUT2D eigenvalue weighted by Gasteiger charge is 2.32. The van der Waals surface area contributed by atoms with Crippen molar-refractivity contribution in [3.05, 3.63) is 34.4 Å². The third-order valence-electron chi connectivity index (χ3n) is 5.00. The summed E-state index contributed by atoms with van der Waals surface area (Å²) >= 11 is 0. The van der Waals surface area contributed by atoms with Crippen LogP contribution in [0.2, 0.25) is 0 Å². The van der Waals surface area contributed by atoms with Crippen molar-refractivity contribution < 1.29 is 0 Å². The van der Waals surface area contributed by atoms with Crippen LogP contribution in [-0.4, -0.2) is 12.6 Å². The second kappa shape index (κ2) is 6.09. The summed E-state index contributed by atoms with van der Waals surface area (Å²) < 4.78 is 0. The van der Waals surface area contributed by atoms with Gasteiger partial charge in [0.1, 0.15) is 0 Å². The minimum Gasteiger partial charge on any atom is -0.314 e. The van der Waals surface area contributed by atoms with Crippen molar-refractivity contribution in [2.24, 2.45) is 11.8 Å². The van der Waals surface area contributed by atoms with E-state index < -0.39 is 0 Å². The molecule has 1 nitrogen and oxygen atoms in total. The third kappa shape index (κ3) is 3.20. The van der Waals surface area contributed by atoms with Gasteiger partial charge >= 0.3 is 0 Å². The summed E-state index contributed by atoms with van der Waals surface area (Å²) in [4.78, 5) is 0. The van der Waals surface area contributed by atoms with Gasteiger partial charge in [0.25, 0.3) is 0 Å². The van der Waals surface area contributed by atoms with Crippen LogP contribution in [0.15, 0.2) is 12.1 Å². The Morgan fingerprint density at radius 3 is 2.32 bits per heavy atom. The first-order valence-electron chi connectivity index (χ1n) is 7.83. The Kier molecular flexibility index (Phi) is 4.67. The molecule has 1 N–H and O–H groups in total. The second-order valence-electron chi connectivity index (χ2n) is 6.44. The molecule has 1 saturated carbocycles. The normalized spacial score (nSPS) is 26.9. The Morgan fingerprint density at radius 1 is 1.11 bits per heavy atom. The molecule has 0 aliphatic heterocycles. The largest absolute Gasteiger partial charge is 0.314 e. The van der Waals surface area contributed by atoms with Gasteiger partial charge in [0.15, 0.2) is 0 Å². The summed E-state index contributed by atoms with van der Waals surface area (Å²) in [7, 11) is 0.